The van der Waals surface area contributed by atoms with Crippen LogP contribution in [0.1, 0.15) is 5.69 Å². The van der Waals surface area contributed by atoms with E-state index in [4.69, 9.17) is 5.73 Å². The molecule has 0 fully saturated rings. The van der Waals surface area contributed by atoms with Crippen LogP contribution in [0.3, 0.4) is 0 Å². The molecule has 0 aliphatic carbocycles. The monoisotopic (exact) mass is 245 g/mol. The lowest BCUT2D eigenvalue weighted by Crippen LogP contribution is -2.19. The number of nitrogens with one attached hydrogen (secondary N) is 1. The van der Waals surface area contributed by atoms with Gasteiger partial charge in [-0.1, -0.05) is 0 Å². The Labute approximate surface area is 84.5 Å². The van der Waals surface area contributed by atoms with Gasteiger partial charge in [0.2, 0.25) is 0 Å². The van der Waals surface area contributed by atoms with Crippen LogP contribution in [0.25, 0.3) is 0 Å². The van der Waals surface area contributed by atoms with Gasteiger partial charge < -0.3 is 11.1 Å². The van der Waals surface area contributed by atoms with Crippen molar-refractivity contribution in [2.75, 3.05) is 5.32 Å². The molecule has 0 unspecified atom stereocenters. The lowest BCUT2D eigenvalue weighted by molar-refractivity contribution is 1.18. The molecular formula is C7H8BrN3S. The third-order valence-corrected chi connectivity index (χ3v) is 2.21. The molecule has 3 nitrogen and oxygen atoms in total. The summed E-state index contributed by atoms with van der Waals surface area (Å²) < 4.78 is 0.969. The van der Waals surface area contributed by atoms with Gasteiger partial charge in [0.15, 0.2) is 5.11 Å². The lowest BCUT2D eigenvalue weighted by atomic mass is 10.4. The summed E-state index contributed by atoms with van der Waals surface area (Å²) in [6.45, 7) is 1.90. The second-order valence-electron chi connectivity index (χ2n) is 2.25. The summed E-state index contributed by atoms with van der Waals surface area (Å²) in [7, 11) is 0. The van der Waals surface area contributed by atoms with E-state index in [1.165, 1.54) is 0 Å². The average Bonchev–Trinajstić information content (AvgIpc) is 1.96. The van der Waals surface area contributed by atoms with Crippen molar-refractivity contribution in [3.8, 4) is 0 Å². The van der Waals surface area contributed by atoms with Crippen LogP contribution in [0.2, 0.25) is 0 Å². The smallest absolute Gasteiger partial charge is 0.169 e. The Balaban J connectivity index is 2.89. The number of hydrogen-bond acceptors (Lipinski definition) is 2. The highest BCUT2D eigenvalue weighted by Gasteiger charge is 1.98. The van der Waals surface area contributed by atoms with Crippen LogP contribution in [0.5, 0.6) is 0 Å². The summed E-state index contributed by atoms with van der Waals surface area (Å²) in [5.41, 5.74) is 6.18. The number of thiocarbonyl (C=S) groups is 1. The number of aryl methyl sites for hydroxylation is 1. The van der Waals surface area contributed by atoms with Gasteiger partial charge in [-0.2, -0.15) is 0 Å². The molecule has 0 aromatic carbocycles. The molecular weight excluding hydrogens is 238 g/mol. The molecule has 64 valence electrons. The van der Waals surface area contributed by atoms with Gasteiger partial charge in [-0.3, -0.25) is 0 Å². The molecule has 5 heteroatoms. The number of nitrogens with two attached hydrogens (primary N) is 1. The highest BCUT2D eigenvalue weighted by Crippen LogP contribution is 2.15. The Morgan fingerprint density at radius 1 is 1.67 bits per heavy atom. The first-order valence-corrected chi connectivity index (χ1v) is 4.49. The van der Waals surface area contributed by atoms with Gasteiger partial charge in [-0.15, -0.1) is 0 Å². The Morgan fingerprint density at radius 3 is 2.83 bits per heavy atom. The van der Waals surface area contributed by atoms with E-state index < -0.39 is 0 Å². The summed E-state index contributed by atoms with van der Waals surface area (Å²) in [6.07, 6.45) is 0. The second kappa shape index (κ2) is 3.82. The van der Waals surface area contributed by atoms with Crippen LogP contribution < -0.4 is 11.1 Å². The molecule has 0 spiro atoms. The fraction of sp³-hybridized carbons (Fsp3) is 0.143. The lowest BCUT2D eigenvalue weighted by Gasteiger charge is -2.03. The van der Waals surface area contributed by atoms with E-state index in [1.807, 2.05) is 13.0 Å². The van der Waals surface area contributed by atoms with E-state index in [9.17, 15) is 0 Å². The van der Waals surface area contributed by atoms with Crippen LogP contribution in [-0.2, 0) is 0 Å². The van der Waals surface area contributed by atoms with Gasteiger partial charge in [-0.25, -0.2) is 4.98 Å². The molecule has 0 aliphatic rings. The minimum absolute atomic E-state index is 0.226. The minimum atomic E-state index is 0.226. The summed E-state index contributed by atoms with van der Waals surface area (Å²) in [6, 6.07) is 3.69. The fourth-order valence-corrected chi connectivity index (χ4v) is 1.07. The van der Waals surface area contributed by atoms with Crippen molar-refractivity contribution in [1.29, 1.82) is 0 Å². The van der Waals surface area contributed by atoms with Crippen molar-refractivity contribution >= 4 is 39.1 Å². The molecule has 1 heterocycles. The van der Waals surface area contributed by atoms with E-state index in [-0.39, 0.29) is 5.11 Å². The Morgan fingerprint density at radius 2 is 2.33 bits per heavy atom. The van der Waals surface area contributed by atoms with Crippen LogP contribution in [0, 0.1) is 6.92 Å². The Hall–Kier alpha value is -0.680. The van der Waals surface area contributed by atoms with Crippen LogP contribution >= 0.6 is 28.1 Å². The molecule has 0 saturated carbocycles. The number of aromatic nitrogens is 1. The topological polar surface area (TPSA) is 50.9 Å². The maximum Gasteiger partial charge on any atom is 0.169 e. The molecule has 1 aromatic heterocycles. The van der Waals surface area contributed by atoms with Gasteiger partial charge >= 0.3 is 0 Å². The predicted molar refractivity (Wildman–Crippen MR) is 57.1 cm³/mol. The zero-order valence-electron chi connectivity index (χ0n) is 6.47. The highest BCUT2D eigenvalue weighted by molar-refractivity contribution is 9.10. The quantitative estimate of drug-likeness (QED) is 0.742. The van der Waals surface area contributed by atoms with Crippen molar-refractivity contribution < 1.29 is 0 Å². The van der Waals surface area contributed by atoms with Crippen LogP contribution in [-0.4, -0.2) is 10.1 Å². The van der Waals surface area contributed by atoms with Crippen molar-refractivity contribution in [2.24, 2.45) is 5.73 Å². The third kappa shape index (κ3) is 2.42. The zero-order valence-corrected chi connectivity index (χ0v) is 8.87. The van der Waals surface area contributed by atoms with Crippen molar-refractivity contribution in [2.45, 2.75) is 6.92 Å². The summed E-state index contributed by atoms with van der Waals surface area (Å²) >= 11 is 8.01. The highest BCUT2D eigenvalue weighted by atomic mass is 79.9. The molecule has 0 atom stereocenters. The predicted octanol–water partition coefficient (Wildman–Crippen LogP) is 1.81. The van der Waals surface area contributed by atoms with Gasteiger partial charge in [-0.05, 0) is 47.2 Å². The van der Waals surface area contributed by atoms with E-state index in [1.54, 1.807) is 6.07 Å². The molecule has 3 N–H and O–H groups in total. The number of pyridine rings is 1. The summed E-state index contributed by atoms with van der Waals surface area (Å²) in [5.74, 6) is 0.670. The van der Waals surface area contributed by atoms with E-state index in [0.29, 0.717) is 5.82 Å². The second-order valence-corrected chi connectivity index (χ2v) is 3.55. The Bertz CT molecular complexity index is 314. The Kier molecular flexibility index (Phi) is 2.99. The molecule has 0 amide bonds. The van der Waals surface area contributed by atoms with E-state index in [2.05, 4.69) is 38.4 Å². The number of halogens is 1. The number of rotatable bonds is 1. The molecule has 0 radical (unpaired) electrons. The molecule has 0 saturated heterocycles. The molecule has 1 rings (SSSR count). The van der Waals surface area contributed by atoms with Crippen molar-refractivity contribution in [3.05, 3.63) is 22.3 Å². The first-order valence-electron chi connectivity index (χ1n) is 3.29. The molecule has 0 bridgehead atoms. The fourth-order valence-electron chi connectivity index (χ4n) is 0.740. The van der Waals surface area contributed by atoms with Gasteiger partial charge in [0.1, 0.15) is 5.82 Å². The minimum Gasteiger partial charge on any atom is -0.376 e. The molecule has 1 aromatic rings. The van der Waals surface area contributed by atoms with Gasteiger partial charge in [0.25, 0.3) is 0 Å². The number of nitrogens with zero attached hydrogens (tertiary/aromatic N) is 1. The van der Waals surface area contributed by atoms with Gasteiger partial charge in [0, 0.05) is 4.47 Å². The zero-order chi connectivity index (χ0) is 9.14. The standard InChI is InChI=1S/C7H8BrN3S/c1-4-5(8)2-3-6(10-4)11-7(9)12/h2-3H,1H3,(H3,9,10,11,12). The van der Waals surface area contributed by atoms with Gasteiger partial charge in [0.05, 0.1) is 5.69 Å². The number of hydrogen-bond donors (Lipinski definition) is 2. The molecule has 12 heavy (non-hydrogen) atoms. The van der Waals surface area contributed by atoms with E-state index in [0.717, 1.165) is 10.2 Å². The maximum absolute atomic E-state index is 5.28. The average molecular weight is 246 g/mol. The summed E-state index contributed by atoms with van der Waals surface area (Å²) in [5, 5.41) is 2.98. The number of anilines is 1. The normalized spacial score (nSPS) is 9.50. The van der Waals surface area contributed by atoms with Crippen LogP contribution in [0.4, 0.5) is 5.82 Å². The SMILES string of the molecule is Cc1nc(NC(N)=S)ccc1Br. The van der Waals surface area contributed by atoms with Crippen molar-refractivity contribution in [1.82, 2.24) is 4.98 Å². The van der Waals surface area contributed by atoms with Crippen molar-refractivity contribution in [3.63, 3.8) is 0 Å². The summed E-state index contributed by atoms with van der Waals surface area (Å²) in [4.78, 5) is 4.19. The first-order chi connectivity index (χ1) is 5.59. The van der Waals surface area contributed by atoms with E-state index >= 15 is 0 Å². The first kappa shape index (κ1) is 9.41. The molecule has 0 aliphatic heterocycles. The largest absolute Gasteiger partial charge is 0.376 e. The maximum atomic E-state index is 5.28. The van der Waals surface area contributed by atoms with Crippen LogP contribution in [0.15, 0.2) is 16.6 Å². The third-order valence-electron chi connectivity index (χ3n) is 1.27.